The van der Waals surface area contributed by atoms with Crippen LogP contribution in [0.4, 0.5) is 5.00 Å². The number of halogens is 1. The Morgan fingerprint density at radius 3 is 2.62 bits per heavy atom. The van der Waals surface area contributed by atoms with E-state index in [-0.39, 0.29) is 6.61 Å². The van der Waals surface area contributed by atoms with Gasteiger partial charge in [0.2, 0.25) is 0 Å². The average Bonchev–Trinajstić information content (AvgIpc) is 3.26. The number of carbonyl (C=O) groups is 3. The Morgan fingerprint density at radius 2 is 1.86 bits per heavy atom. The second-order valence-corrected chi connectivity index (χ2v) is 9.82. The summed E-state index contributed by atoms with van der Waals surface area (Å²) in [5.41, 5.74) is 5.13. The Balaban J connectivity index is 1.32. The van der Waals surface area contributed by atoms with Gasteiger partial charge in [-0.25, -0.2) is 10.2 Å². The number of nitrogens with zero attached hydrogens (tertiary/aromatic N) is 1. The van der Waals surface area contributed by atoms with Crippen LogP contribution in [0.25, 0.3) is 0 Å². The van der Waals surface area contributed by atoms with E-state index < -0.39 is 17.8 Å². The molecule has 0 bridgehead atoms. The molecule has 8 nitrogen and oxygen atoms in total. The number of benzene rings is 2. The van der Waals surface area contributed by atoms with Crippen molar-refractivity contribution in [3.05, 3.63) is 80.7 Å². The highest BCUT2D eigenvalue weighted by atomic mass is 35.5. The van der Waals surface area contributed by atoms with Crippen LogP contribution >= 0.6 is 22.9 Å². The summed E-state index contributed by atoms with van der Waals surface area (Å²) in [6.45, 7) is 2.33. The lowest BCUT2D eigenvalue weighted by atomic mass is 9.95. The fourth-order valence-corrected chi connectivity index (χ4v) is 5.38. The normalized spacial score (nSPS) is 12.6. The zero-order valence-electron chi connectivity index (χ0n) is 20.2. The third kappa shape index (κ3) is 6.96. The molecule has 2 N–H and O–H groups in total. The summed E-state index contributed by atoms with van der Waals surface area (Å²) in [6, 6.07) is 14.5. The van der Waals surface area contributed by atoms with Gasteiger partial charge in [-0.15, -0.1) is 11.3 Å². The van der Waals surface area contributed by atoms with Crippen molar-refractivity contribution in [1.29, 1.82) is 0 Å². The molecule has 0 fully saturated rings. The number of amides is 2. The second kappa shape index (κ2) is 12.5. The van der Waals surface area contributed by atoms with Crippen molar-refractivity contribution in [3.8, 4) is 5.75 Å². The van der Waals surface area contributed by atoms with Crippen LogP contribution in [0.2, 0.25) is 5.02 Å². The van der Waals surface area contributed by atoms with Crippen LogP contribution in [0.15, 0.2) is 53.6 Å². The minimum Gasteiger partial charge on any atom is -0.489 e. The van der Waals surface area contributed by atoms with E-state index in [1.54, 1.807) is 37.3 Å². The molecule has 0 radical (unpaired) electrons. The number of nitrogens with one attached hydrogen (secondary N) is 2. The number of esters is 1. The Hall–Kier alpha value is -3.69. The summed E-state index contributed by atoms with van der Waals surface area (Å²) in [7, 11) is 0. The molecule has 0 unspecified atom stereocenters. The molecule has 0 saturated carbocycles. The molecule has 1 aliphatic carbocycles. The third-order valence-corrected chi connectivity index (χ3v) is 7.08. The maximum Gasteiger partial charge on any atom is 0.341 e. The summed E-state index contributed by atoms with van der Waals surface area (Å²) in [4.78, 5) is 38.4. The summed E-state index contributed by atoms with van der Waals surface area (Å²) in [6.07, 6.45) is 4.99. The zero-order valence-corrected chi connectivity index (χ0v) is 21.8. The first-order valence-electron chi connectivity index (χ1n) is 11.9. The highest BCUT2D eigenvalue weighted by molar-refractivity contribution is 7.17. The van der Waals surface area contributed by atoms with Gasteiger partial charge in [0.15, 0.2) is 0 Å². The van der Waals surface area contributed by atoms with E-state index in [1.165, 1.54) is 17.6 Å². The van der Waals surface area contributed by atoms with Crippen molar-refractivity contribution in [3.63, 3.8) is 0 Å². The van der Waals surface area contributed by atoms with Crippen LogP contribution in [-0.4, -0.2) is 30.6 Å². The molecule has 4 rings (SSSR count). The summed E-state index contributed by atoms with van der Waals surface area (Å²) in [5.74, 6) is -1.68. The summed E-state index contributed by atoms with van der Waals surface area (Å²) in [5, 5.41) is 7.41. The third-order valence-electron chi connectivity index (χ3n) is 5.64. The fraction of sp³-hybridized carbons (Fsp3) is 0.259. The second-order valence-electron chi connectivity index (χ2n) is 8.28. The van der Waals surface area contributed by atoms with Gasteiger partial charge in [0.05, 0.1) is 18.4 Å². The molecule has 192 valence electrons. The molecule has 10 heteroatoms. The van der Waals surface area contributed by atoms with E-state index in [1.807, 2.05) is 18.2 Å². The average molecular weight is 540 g/mol. The lowest BCUT2D eigenvalue weighted by molar-refractivity contribution is -0.136. The largest absolute Gasteiger partial charge is 0.489 e. The molecule has 0 aliphatic heterocycles. The predicted molar refractivity (Wildman–Crippen MR) is 144 cm³/mol. The van der Waals surface area contributed by atoms with E-state index in [9.17, 15) is 14.4 Å². The molecule has 0 spiro atoms. The van der Waals surface area contributed by atoms with Gasteiger partial charge in [0.25, 0.3) is 0 Å². The van der Waals surface area contributed by atoms with Crippen molar-refractivity contribution < 1.29 is 23.9 Å². The lowest BCUT2D eigenvalue weighted by Gasteiger charge is -2.12. The highest BCUT2D eigenvalue weighted by Gasteiger charge is 2.28. The molecule has 0 atom stereocenters. The highest BCUT2D eigenvalue weighted by Crippen LogP contribution is 2.38. The van der Waals surface area contributed by atoms with Gasteiger partial charge in [0, 0.05) is 9.90 Å². The predicted octanol–water partition coefficient (Wildman–Crippen LogP) is 5.12. The first-order valence-corrected chi connectivity index (χ1v) is 13.1. The summed E-state index contributed by atoms with van der Waals surface area (Å²) < 4.78 is 10.9. The molecule has 3 aromatic rings. The van der Waals surface area contributed by atoms with E-state index >= 15 is 0 Å². The minimum absolute atomic E-state index is 0.223. The van der Waals surface area contributed by atoms with Gasteiger partial charge in [-0.1, -0.05) is 23.7 Å². The number of hydrogen-bond donors (Lipinski definition) is 2. The maximum atomic E-state index is 12.5. The van der Waals surface area contributed by atoms with E-state index in [4.69, 9.17) is 21.1 Å². The fourth-order valence-electron chi connectivity index (χ4n) is 3.89. The number of rotatable bonds is 8. The number of anilines is 1. The molecule has 1 aliphatic rings. The van der Waals surface area contributed by atoms with Crippen LogP contribution in [0, 0.1) is 0 Å². The van der Waals surface area contributed by atoms with Gasteiger partial charge in [0.1, 0.15) is 17.4 Å². The van der Waals surface area contributed by atoms with Crippen molar-refractivity contribution in [2.75, 3.05) is 11.9 Å². The Morgan fingerprint density at radius 1 is 1.08 bits per heavy atom. The summed E-state index contributed by atoms with van der Waals surface area (Å²) >= 11 is 7.30. The van der Waals surface area contributed by atoms with E-state index in [2.05, 4.69) is 15.8 Å². The Bertz CT molecular complexity index is 1320. The lowest BCUT2D eigenvalue weighted by Crippen LogP contribution is -2.32. The van der Waals surface area contributed by atoms with Crippen molar-refractivity contribution in [1.82, 2.24) is 5.43 Å². The van der Waals surface area contributed by atoms with Crippen LogP contribution in [0.3, 0.4) is 0 Å². The molecular formula is C27H26ClN3O5S. The Labute approximate surface area is 223 Å². The van der Waals surface area contributed by atoms with Crippen molar-refractivity contribution >= 4 is 51.9 Å². The van der Waals surface area contributed by atoms with E-state index in [0.717, 1.165) is 41.7 Å². The van der Waals surface area contributed by atoms with Gasteiger partial charge < -0.3 is 14.8 Å². The SMILES string of the molecule is CCOC(=O)c1c(NC(=O)C(=O)N/N=C/c2ccc(OCc3cccc(Cl)c3)cc2)sc2c1CCCC2. The number of hydrogen-bond acceptors (Lipinski definition) is 7. The molecule has 1 aromatic heterocycles. The van der Waals surface area contributed by atoms with Crippen molar-refractivity contribution in [2.45, 2.75) is 39.2 Å². The van der Waals surface area contributed by atoms with Crippen LogP contribution in [0.5, 0.6) is 5.75 Å². The molecule has 1 heterocycles. The molecule has 2 amide bonds. The maximum absolute atomic E-state index is 12.5. The van der Waals surface area contributed by atoms with Gasteiger partial charge in [-0.05, 0) is 85.7 Å². The van der Waals surface area contributed by atoms with Gasteiger partial charge in [-0.2, -0.15) is 5.10 Å². The Kier molecular flexibility index (Phi) is 8.92. The number of hydrazone groups is 1. The van der Waals surface area contributed by atoms with Crippen molar-refractivity contribution in [2.24, 2.45) is 5.10 Å². The first kappa shape index (κ1) is 26.4. The molecule has 2 aromatic carbocycles. The quantitative estimate of drug-likeness (QED) is 0.179. The monoisotopic (exact) mass is 539 g/mol. The van der Waals surface area contributed by atoms with Gasteiger partial charge in [-0.3, -0.25) is 9.59 Å². The van der Waals surface area contributed by atoms with Crippen LogP contribution in [-0.2, 0) is 33.8 Å². The topological polar surface area (TPSA) is 106 Å². The van der Waals surface area contributed by atoms with Crippen LogP contribution in [0.1, 0.15) is 51.7 Å². The van der Waals surface area contributed by atoms with Gasteiger partial charge >= 0.3 is 17.8 Å². The molecular weight excluding hydrogens is 514 g/mol. The number of aryl methyl sites for hydroxylation is 1. The number of thiophene rings is 1. The van der Waals surface area contributed by atoms with Crippen LogP contribution < -0.4 is 15.5 Å². The molecule has 37 heavy (non-hydrogen) atoms. The minimum atomic E-state index is -0.945. The standard InChI is InChI=1S/C27H26ClN3O5S/c1-2-35-27(34)23-21-8-3-4-9-22(21)37-26(23)30-24(32)25(33)31-29-15-17-10-12-20(13-11-17)36-16-18-6-5-7-19(28)14-18/h5-7,10-15H,2-4,8-9,16H2,1H3,(H,30,32)(H,31,33)/b29-15+. The first-order chi connectivity index (χ1) is 17.9. The number of carbonyl (C=O) groups excluding carboxylic acids is 3. The van der Waals surface area contributed by atoms with E-state index in [0.29, 0.717) is 33.5 Å². The number of fused-ring (bicyclic) bond motifs is 1. The number of ether oxygens (including phenoxy) is 2. The smallest absolute Gasteiger partial charge is 0.341 e. The molecule has 0 saturated heterocycles. The zero-order chi connectivity index (χ0) is 26.2.